The van der Waals surface area contributed by atoms with Crippen LogP contribution in [0.5, 0.6) is 0 Å². The highest BCUT2D eigenvalue weighted by Crippen LogP contribution is 2.14. The van der Waals surface area contributed by atoms with Crippen molar-refractivity contribution in [3.63, 3.8) is 0 Å². The average molecular weight is 408 g/mol. The molecule has 0 aromatic heterocycles. The van der Waals surface area contributed by atoms with Crippen LogP contribution >= 0.6 is 0 Å². The Morgan fingerprint density at radius 2 is 1.71 bits per heavy atom. The molecule has 0 radical (unpaired) electrons. The number of halogens is 1. The van der Waals surface area contributed by atoms with Gasteiger partial charge in [0, 0.05) is 13.6 Å². The largest absolute Gasteiger partial charge is 0.452 e. The Labute approximate surface area is 163 Å². The minimum absolute atomic E-state index is 0.155. The van der Waals surface area contributed by atoms with Crippen molar-refractivity contribution in [3.8, 4) is 0 Å². The molecule has 1 N–H and O–H groups in total. The third kappa shape index (κ3) is 5.86. The SMILES string of the molecule is C[C@H](OC(=O)CN(C)S(=O)(=O)c1ccc(F)cc1)C(=O)NCc1ccccc1. The van der Waals surface area contributed by atoms with Gasteiger partial charge in [-0.2, -0.15) is 4.31 Å². The van der Waals surface area contributed by atoms with E-state index in [-0.39, 0.29) is 11.4 Å². The van der Waals surface area contributed by atoms with Crippen molar-refractivity contribution < 1.29 is 27.1 Å². The van der Waals surface area contributed by atoms with Crippen LogP contribution < -0.4 is 5.32 Å². The first-order valence-corrected chi connectivity index (χ1v) is 9.87. The van der Waals surface area contributed by atoms with Gasteiger partial charge in [-0.25, -0.2) is 12.8 Å². The quantitative estimate of drug-likeness (QED) is 0.671. The Bertz CT molecular complexity index is 917. The summed E-state index contributed by atoms with van der Waals surface area (Å²) in [7, 11) is -2.79. The second-order valence-corrected chi connectivity index (χ2v) is 8.10. The van der Waals surface area contributed by atoms with E-state index in [1.54, 1.807) is 0 Å². The third-order valence-corrected chi connectivity index (χ3v) is 5.68. The number of rotatable bonds is 8. The van der Waals surface area contributed by atoms with E-state index in [4.69, 9.17) is 4.74 Å². The molecule has 1 atom stereocenters. The lowest BCUT2D eigenvalue weighted by Crippen LogP contribution is -2.39. The summed E-state index contributed by atoms with van der Waals surface area (Å²) in [6.45, 7) is 1.09. The summed E-state index contributed by atoms with van der Waals surface area (Å²) < 4.78 is 43.5. The van der Waals surface area contributed by atoms with Crippen molar-refractivity contribution in [1.82, 2.24) is 9.62 Å². The number of likely N-dealkylation sites (N-methyl/N-ethyl adjacent to an activating group) is 1. The van der Waals surface area contributed by atoms with E-state index in [2.05, 4.69) is 5.32 Å². The van der Waals surface area contributed by atoms with Gasteiger partial charge in [0.25, 0.3) is 5.91 Å². The van der Waals surface area contributed by atoms with E-state index in [1.165, 1.54) is 14.0 Å². The molecule has 0 bridgehead atoms. The molecular formula is C19H21FN2O5S. The monoisotopic (exact) mass is 408 g/mol. The maximum absolute atomic E-state index is 13.0. The van der Waals surface area contributed by atoms with E-state index >= 15 is 0 Å². The third-order valence-electron chi connectivity index (χ3n) is 3.86. The fraction of sp³-hybridized carbons (Fsp3) is 0.263. The van der Waals surface area contributed by atoms with Crippen LogP contribution in [0.4, 0.5) is 4.39 Å². The van der Waals surface area contributed by atoms with Crippen molar-refractivity contribution in [1.29, 1.82) is 0 Å². The first-order chi connectivity index (χ1) is 13.2. The van der Waals surface area contributed by atoms with Crippen molar-refractivity contribution >= 4 is 21.9 Å². The highest BCUT2D eigenvalue weighted by molar-refractivity contribution is 7.89. The molecular weight excluding hydrogens is 387 g/mol. The lowest BCUT2D eigenvalue weighted by atomic mass is 10.2. The van der Waals surface area contributed by atoms with Gasteiger partial charge in [0.05, 0.1) is 4.90 Å². The second-order valence-electron chi connectivity index (χ2n) is 6.05. The van der Waals surface area contributed by atoms with Crippen molar-refractivity contribution in [2.24, 2.45) is 0 Å². The summed E-state index contributed by atoms with van der Waals surface area (Å²) >= 11 is 0. The van der Waals surface area contributed by atoms with Gasteiger partial charge in [0.15, 0.2) is 6.10 Å². The average Bonchev–Trinajstić information content (AvgIpc) is 2.67. The Kier molecular flexibility index (Phi) is 7.24. The number of benzene rings is 2. The number of ether oxygens (including phenoxy) is 1. The molecule has 0 heterocycles. The predicted molar refractivity (Wildman–Crippen MR) is 100 cm³/mol. The molecule has 0 saturated heterocycles. The zero-order valence-corrected chi connectivity index (χ0v) is 16.3. The minimum Gasteiger partial charge on any atom is -0.452 e. The molecule has 0 aliphatic rings. The molecule has 0 saturated carbocycles. The minimum atomic E-state index is -3.99. The molecule has 0 fully saturated rings. The standard InChI is InChI=1S/C19H21FN2O5S/c1-14(19(24)21-12-15-6-4-3-5-7-15)27-18(23)13-22(2)28(25,26)17-10-8-16(20)9-11-17/h3-11,14H,12-13H2,1-2H3,(H,21,24)/t14-/m0/s1. The molecule has 0 aliphatic heterocycles. The van der Waals surface area contributed by atoms with Crippen LogP contribution in [0, 0.1) is 5.82 Å². The normalized spacial score (nSPS) is 12.4. The first-order valence-electron chi connectivity index (χ1n) is 8.43. The molecule has 150 valence electrons. The van der Waals surface area contributed by atoms with Gasteiger partial charge >= 0.3 is 5.97 Å². The maximum Gasteiger partial charge on any atom is 0.322 e. The van der Waals surface area contributed by atoms with E-state index < -0.39 is 40.4 Å². The Morgan fingerprint density at radius 1 is 1.11 bits per heavy atom. The van der Waals surface area contributed by atoms with Crippen molar-refractivity contribution in [3.05, 3.63) is 66.0 Å². The van der Waals surface area contributed by atoms with Gasteiger partial charge < -0.3 is 10.1 Å². The van der Waals surface area contributed by atoms with Gasteiger partial charge in [-0.05, 0) is 36.8 Å². The lowest BCUT2D eigenvalue weighted by molar-refractivity contribution is -0.154. The van der Waals surface area contributed by atoms with Crippen LogP contribution in [0.1, 0.15) is 12.5 Å². The molecule has 0 unspecified atom stereocenters. The zero-order valence-electron chi connectivity index (χ0n) is 15.5. The van der Waals surface area contributed by atoms with E-state index in [0.29, 0.717) is 0 Å². The smallest absolute Gasteiger partial charge is 0.322 e. The fourth-order valence-corrected chi connectivity index (χ4v) is 3.39. The molecule has 28 heavy (non-hydrogen) atoms. The number of nitrogens with one attached hydrogen (secondary N) is 1. The molecule has 1 amide bonds. The number of hydrogen-bond acceptors (Lipinski definition) is 5. The number of sulfonamides is 1. The van der Waals surface area contributed by atoms with Gasteiger partial charge in [-0.1, -0.05) is 30.3 Å². The van der Waals surface area contributed by atoms with E-state index in [0.717, 1.165) is 34.1 Å². The number of carbonyl (C=O) groups is 2. The number of carbonyl (C=O) groups excluding carboxylic acids is 2. The predicted octanol–water partition coefficient (Wildman–Crippen LogP) is 1.69. The number of amides is 1. The van der Waals surface area contributed by atoms with Crippen LogP contribution in [0.15, 0.2) is 59.5 Å². The summed E-state index contributed by atoms with van der Waals surface area (Å²) in [5.41, 5.74) is 0.888. The van der Waals surface area contributed by atoms with Crippen LogP contribution in [-0.2, 0) is 30.9 Å². The van der Waals surface area contributed by atoms with E-state index in [1.807, 2.05) is 30.3 Å². The van der Waals surface area contributed by atoms with Gasteiger partial charge in [-0.15, -0.1) is 0 Å². The molecule has 2 aromatic rings. The highest BCUT2D eigenvalue weighted by Gasteiger charge is 2.25. The van der Waals surface area contributed by atoms with Crippen LogP contribution in [0.3, 0.4) is 0 Å². The summed E-state index contributed by atoms with van der Waals surface area (Å²) in [5.74, 6) is -1.95. The fourth-order valence-electron chi connectivity index (χ4n) is 2.27. The Balaban J connectivity index is 1.87. The van der Waals surface area contributed by atoms with Gasteiger partial charge in [0.1, 0.15) is 12.4 Å². The molecule has 0 spiro atoms. The zero-order chi connectivity index (χ0) is 20.7. The highest BCUT2D eigenvalue weighted by atomic mass is 32.2. The van der Waals surface area contributed by atoms with Gasteiger partial charge in [0.2, 0.25) is 10.0 Å². The van der Waals surface area contributed by atoms with Crippen LogP contribution in [0.2, 0.25) is 0 Å². The van der Waals surface area contributed by atoms with Crippen molar-refractivity contribution in [2.75, 3.05) is 13.6 Å². The second kappa shape index (κ2) is 9.43. The topological polar surface area (TPSA) is 92.8 Å². The van der Waals surface area contributed by atoms with Crippen molar-refractivity contribution in [2.45, 2.75) is 24.5 Å². The molecule has 0 aliphatic carbocycles. The Hall–Kier alpha value is -2.78. The summed E-state index contributed by atoms with van der Waals surface area (Å²) in [6, 6.07) is 13.4. The Morgan fingerprint density at radius 3 is 2.32 bits per heavy atom. The molecule has 9 heteroatoms. The number of hydrogen-bond donors (Lipinski definition) is 1. The molecule has 7 nitrogen and oxygen atoms in total. The van der Waals surface area contributed by atoms with E-state index in [9.17, 15) is 22.4 Å². The lowest BCUT2D eigenvalue weighted by Gasteiger charge is -2.18. The number of esters is 1. The number of nitrogens with zero attached hydrogens (tertiary/aromatic N) is 1. The molecule has 2 aromatic carbocycles. The van der Waals surface area contributed by atoms with Crippen LogP contribution in [0.25, 0.3) is 0 Å². The van der Waals surface area contributed by atoms with Gasteiger partial charge in [-0.3, -0.25) is 9.59 Å². The summed E-state index contributed by atoms with van der Waals surface area (Å²) in [4.78, 5) is 23.9. The van der Waals surface area contributed by atoms with Crippen LogP contribution in [-0.4, -0.2) is 44.3 Å². The molecule has 2 rings (SSSR count). The maximum atomic E-state index is 13.0. The first kappa shape index (κ1) is 21.5. The summed E-state index contributed by atoms with van der Waals surface area (Å²) in [6.07, 6.45) is -1.09. The summed E-state index contributed by atoms with van der Waals surface area (Å²) in [5, 5.41) is 2.64.